The largest absolute Gasteiger partial charge is 0.273 e. The van der Waals surface area contributed by atoms with Crippen molar-refractivity contribution >= 4 is 17.7 Å². The number of hydrogen-bond acceptors (Lipinski definition) is 2. The Morgan fingerprint density at radius 2 is 2.10 bits per heavy atom. The van der Waals surface area contributed by atoms with Gasteiger partial charge in [0.15, 0.2) is 0 Å². The van der Waals surface area contributed by atoms with Crippen LogP contribution in [0.1, 0.15) is 38.2 Å². The molecule has 0 heterocycles. The summed E-state index contributed by atoms with van der Waals surface area (Å²) < 4.78 is 0. The summed E-state index contributed by atoms with van der Waals surface area (Å²) in [5, 5.41) is 4.15. The van der Waals surface area contributed by atoms with Gasteiger partial charge >= 0.3 is 0 Å². The first-order valence-electron chi connectivity index (χ1n) is 7.27. The molecule has 1 aromatic carbocycles. The van der Waals surface area contributed by atoms with Crippen molar-refractivity contribution in [1.29, 1.82) is 0 Å². The molecule has 0 aromatic heterocycles. The van der Waals surface area contributed by atoms with Gasteiger partial charge in [-0.1, -0.05) is 42.8 Å². The summed E-state index contributed by atoms with van der Waals surface area (Å²) in [6.45, 7) is 1.89. The van der Waals surface area contributed by atoms with Crippen LogP contribution in [0.4, 0.5) is 0 Å². The topological polar surface area (TPSA) is 41.5 Å². The van der Waals surface area contributed by atoms with Gasteiger partial charge in [0.1, 0.15) is 0 Å². The van der Waals surface area contributed by atoms with E-state index in [9.17, 15) is 4.79 Å². The minimum absolute atomic E-state index is 0.0946. The molecule has 2 saturated carbocycles. The molecule has 2 aliphatic rings. The number of amides is 1. The van der Waals surface area contributed by atoms with Gasteiger partial charge in [0.05, 0.1) is 5.71 Å². The number of benzene rings is 1. The van der Waals surface area contributed by atoms with Crippen LogP contribution < -0.4 is 5.43 Å². The van der Waals surface area contributed by atoms with Gasteiger partial charge in [-0.05, 0) is 43.2 Å². The van der Waals surface area contributed by atoms with Gasteiger partial charge in [0, 0.05) is 5.92 Å². The van der Waals surface area contributed by atoms with E-state index in [4.69, 9.17) is 0 Å². The van der Waals surface area contributed by atoms with Gasteiger partial charge in [-0.15, -0.1) is 0 Å². The molecule has 2 fully saturated rings. The van der Waals surface area contributed by atoms with E-state index < -0.39 is 0 Å². The van der Waals surface area contributed by atoms with Crippen molar-refractivity contribution in [2.75, 3.05) is 0 Å². The maximum Gasteiger partial charge on any atom is 0.243 e. The summed E-state index contributed by atoms with van der Waals surface area (Å²) in [6, 6.07) is 10.1. The van der Waals surface area contributed by atoms with Gasteiger partial charge in [-0.25, -0.2) is 5.43 Å². The Hall–Kier alpha value is -1.90. The lowest BCUT2D eigenvalue weighted by atomic mass is 9.80. The van der Waals surface area contributed by atoms with Gasteiger partial charge in [-0.3, -0.25) is 4.79 Å². The number of nitrogens with one attached hydrogen (secondary N) is 1. The first kappa shape index (κ1) is 13.1. The van der Waals surface area contributed by atoms with Crippen LogP contribution in [0, 0.1) is 11.3 Å². The number of carbonyl (C=O) groups is 1. The molecule has 104 valence electrons. The molecule has 0 bridgehead atoms. The standard InChI is InChI=1S/C17H20N2O/c1-13(8-9-14-6-3-2-4-7-14)18-19-16(20)15-12-17(15)10-5-11-17/h2-4,6-9,15H,5,10-12H2,1H3,(H,19,20). The SMILES string of the molecule is CC(C=Cc1ccccc1)=NNC(=O)C1CC12CCC2. The zero-order chi connectivity index (χ0) is 14.0. The van der Waals surface area contributed by atoms with Crippen LogP contribution >= 0.6 is 0 Å². The molecule has 0 aliphatic heterocycles. The zero-order valence-electron chi connectivity index (χ0n) is 11.8. The molecular weight excluding hydrogens is 248 g/mol. The Balaban J connectivity index is 1.51. The average Bonchev–Trinajstić information content (AvgIpc) is 3.20. The van der Waals surface area contributed by atoms with Crippen LogP contribution in [0.3, 0.4) is 0 Å². The lowest BCUT2D eigenvalue weighted by molar-refractivity contribution is -0.123. The van der Waals surface area contributed by atoms with E-state index in [1.807, 2.05) is 49.4 Å². The highest BCUT2D eigenvalue weighted by Gasteiger charge is 2.60. The van der Waals surface area contributed by atoms with E-state index in [2.05, 4.69) is 10.5 Å². The van der Waals surface area contributed by atoms with E-state index in [1.165, 1.54) is 19.3 Å². The van der Waals surface area contributed by atoms with Crippen LogP contribution in [-0.4, -0.2) is 11.6 Å². The van der Waals surface area contributed by atoms with Crippen molar-refractivity contribution in [1.82, 2.24) is 5.43 Å². The van der Waals surface area contributed by atoms with Crippen LogP contribution in [0.15, 0.2) is 41.5 Å². The minimum atomic E-state index is 0.0946. The van der Waals surface area contributed by atoms with Crippen LogP contribution in [0.5, 0.6) is 0 Å². The van der Waals surface area contributed by atoms with E-state index in [0.29, 0.717) is 5.41 Å². The Morgan fingerprint density at radius 1 is 1.35 bits per heavy atom. The highest BCUT2D eigenvalue weighted by Crippen LogP contribution is 2.65. The smallest absolute Gasteiger partial charge is 0.243 e. The lowest BCUT2D eigenvalue weighted by Crippen LogP contribution is -2.26. The van der Waals surface area contributed by atoms with E-state index in [0.717, 1.165) is 17.7 Å². The highest BCUT2D eigenvalue weighted by atomic mass is 16.2. The first-order chi connectivity index (χ1) is 9.70. The minimum Gasteiger partial charge on any atom is -0.273 e. The average molecular weight is 268 g/mol. The predicted molar refractivity (Wildman–Crippen MR) is 81.1 cm³/mol. The lowest BCUT2D eigenvalue weighted by Gasteiger charge is -2.25. The first-order valence-corrected chi connectivity index (χ1v) is 7.27. The maximum absolute atomic E-state index is 12.0. The number of nitrogens with zero attached hydrogens (tertiary/aromatic N) is 1. The molecule has 2 aliphatic carbocycles. The summed E-state index contributed by atoms with van der Waals surface area (Å²) in [7, 11) is 0. The van der Waals surface area contributed by atoms with Gasteiger partial charge < -0.3 is 0 Å². The van der Waals surface area contributed by atoms with Crippen LogP contribution in [0.25, 0.3) is 6.08 Å². The van der Waals surface area contributed by atoms with Crippen molar-refractivity contribution in [3.05, 3.63) is 42.0 Å². The van der Waals surface area contributed by atoms with Crippen molar-refractivity contribution in [2.24, 2.45) is 16.4 Å². The van der Waals surface area contributed by atoms with Crippen LogP contribution in [0.2, 0.25) is 0 Å². The molecule has 3 nitrogen and oxygen atoms in total. The molecule has 1 amide bonds. The molecule has 1 aromatic rings. The summed E-state index contributed by atoms with van der Waals surface area (Å²) in [6.07, 6.45) is 8.71. The third kappa shape index (κ3) is 2.67. The molecule has 1 N–H and O–H groups in total. The number of allylic oxidation sites excluding steroid dienone is 1. The molecule has 1 atom stereocenters. The van der Waals surface area contributed by atoms with E-state index in [1.54, 1.807) is 0 Å². The molecular formula is C17H20N2O. The summed E-state index contributed by atoms with van der Waals surface area (Å²) >= 11 is 0. The van der Waals surface area contributed by atoms with Crippen molar-refractivity contribution in [3.8, 4) is 0 Å². The molecule has 3 rings (SSSR count). The fraction of sp³-hybridized carbons (Fsp3) is 0.412. The van der Waals surface area contributed by atoms with Crippen molar-refractivity contribution in [2.45, 2.75) is 32.6 Å². The summed E-state index contributed by atoms with van der Waals surface area (Å²) in [5.74, 6) is 0.308. The predicted octanol–water partition coefficient (Wildman–Crippen LogP) is 3.38. The number of hydrazone groups is 1. The second-order valence-electron chi connectivity index (χ2n) is 5.95. The zero-order valence-corrected chi connectivity index (χ0v) is 11.8. The van der Waals surface area contributed by atoms with Crippen molar-refractivity contribution < 1.29 is 4.79 Å². The Morgan fingerprint density at radius 3 is 2.70 bits per heavy atom. The quantitative estimate of drug-likeness (QED) is 0.660. The second-order valence-corrected chi connectivity index (χ2v) is 5.95. The highest BCUT2D eigenvalue weighted by molar-refractivity contribution is 5.97. The molecule has 20 heavy (non-hydrogen) atoms. The Labute approximate surface area is 119 Å². The van der Waals surface area contributed by atoms with Crippen molar-refractivity contribution in [3.63, 3.8) is 0 Å². The molecule has 3 heteroatoms. The van der Waals surface area contributed by atoms with Gasteiger partial charge in [0.25, 0.3) is 0 Å². The summed E-state index contributed by atoms with van der Waals surface area (Å²) in [5.41, 5.74) is 5.01. The Kier molecular flexibility index (Phi) is 3.43. The summed E-state index contributed by atoms with van der Waals surface area (Å²) in [4.78, 5) is 12.0. The maximum atomic E-state index is 12.0. The Bertz CT molecular complexity index is 556. The number of hydrogen-bond donors (Lipinski definition) is 1. The fourth-order valence-electron chi connectivity index (χ4n) is 2.94. The molecule has 1 spiro atoms. The third-order valence-corrected chi connectivity index (χ3v) is 4.51. The van der Waals surface area contributed by atoms with E-state index in [-0.39, 0.29) is 11.8 Å². The number of carbonyl (C=O) groups excluding carboxylic acids is 1. The second kappa shape index (κ2) is 5.23. The van der Waals surface area contributed by atoms with Gasteiger partial charge in [0.2, 0.25) is 5.91 Å². The molecule has 0 saturated heterocycles. The normalized spacial score (nSPS) is 23.6. The van der Waals surface area contributed by atoms with Crippen LogP contribution in [-0.2, 0) is 4.79 Å². The third-order valence-electron chi connectivity index (χ3n) is 4.51. The number of rotatable bonds is 4. The monoisotopic (exact) mass is 268 g/mol. The van der Waals surface area contributed by atoms with E-state index >= 15 is 0 Å². The van der Waals surface area contributed by atoms with Gasteiger partial charge in [-0.2, -0.15) is 5.10 Å². The molecule has 0 radical (unpaired) electrons. The fourth-order valence-corrected chi connectivity index (χ4v) is 2.94. The molecule has 1 unspecified atom stereocenters.